The van der Waals surface area contributed by atoms with Crippen molar-refractivity contribution in [1.29, 1.82) is 0 Å². The van der Waals surface area contributed by atoms with Crippen molar-refractivity contribution in [3.8, 4) is 0 Å². The SMILES string of the molecule is CCCCC(C=O)CCC(=O)CC. The monoisotopic (exact) mass is 184 g/mol. The van der Waals surface area contributed by atoms with Gasteiger partial charge in [0.1, 0.15) is 12.1 Å². The summed E-state index contributed by atoms with van der Waals surface area (Å²) >= 11 is 0. The van der Waals surface area contributed by atoms with E-state index in [2.05, 4.69) is 6.92 Å². The molecule has 0 aliphatic carbocycles. The average molecular weight is 184 g/mol. The number of unbranched alkanes of at least 4 members (excludes halogenated alkanes) is 1. The second kappa shape index (κ2) is 7.96. The number of hydrogen-bond donors (Lipinski definition) is 0. The Hall–Kier alpha value is -0.660. The van der Waals surface area contributed by atoms with Crippen LogP contribution in [0.25, 0.3) is 0 Å². The van der Waals surface area contributed by atoms with Crippen molar-refractivity contribution < 1.29 is 9.59 Å². The van der Waals surface area contributed by atoms with E-state index in [1.54, 1.807) is 0 Å². The molecule has 0 aromatic heterocycles. The summed E-state index contributed by atoms with van der Waals surface area (Å²) in [5.74, 6) is 0.374. The van der Waals surface area contributed by atoms with Crippen LogP contribution in [0.4, 0.5) is 0 Å². The largest absolute Gasteiger partial charge is 0.303 e. The molecule has 1 atom stereocenters. The van der Waals surface area contributed by atoms with Crippen LogP contribution in [0.3, 0.4) is 0 Å². The molecule has 0 fully saturated rings. The normalized spacial score (nSPS) is 12.5. The molecule has 0 rings (SSSR count). The van der Waals surface area contributed by atoms with E-state index in [4.69, 9.17) is 0 Å². The van der Waals surface area contributed by atoms with Gasteiger partial charge in [0.05, 0.1) is 0 Å². The Bertz CT molecular complexity index is 152. The molecule has 2 nitrogen and oxygen atoms in total. The van der Waals surface area contributed by atoms with E-state index in [-0.39, 0.29) is 11.7 Å². The zero-order valence-electron chi connectivity index (χ0n) is 8.71. The van der Waals surface area contributed by atoms with E-state index in [0.29, 0.717) is 12.8 Å². The minimum Gasteiger partial charge on any atom is -0.303 e. The first-order chi connectivity index (χ1) is 6.24. The quantitative estimate of drug-likeness (QED) is 0.543. The van der Waals surface area contributed by atoms with Crippen LogP contribution in [0.15, 0.2) is 0 Å². The van der Waals surface area contributed by atoms with Crippen LogP contribution < -0.4 is 0 Å². The van der Waals surface area contributed by atoms with Gasteiger partial charge in [-0.1, -0.05) is 26.7 Å². The van der Waals surface area contributed by atoms with Gasteiger partial charge in [-0.05, 0) is 12.8 Å². The van der Waals surface area contributed by atoms with Gasteiger partial charge < -0.3 is 4.79 Å². The highest BCUT2D eigenvalue weighted by molar-refractivity contribution is 5.78. The molecule has 76 valence electrons. The number of hydrogen-bond acceptors (Lipinski definition) is 2. The van der Waals surface area contributed by atoms with E-state index in [1.165, 1.54) is 0 Å². The van der Waals surface area contributed by atoms with Crippen molar-refractivity contribution in [2.75, 3.05) is 0 Å². The van der Waals surface area contributed by atoms with Crippen molar-refractivity contribution in [1.82, 2.24) is 0 Å². The van der Waals surface area contributed by atoms with Crippen LogP contribution in [-0.4, -0.2) is 12.1 Å². The van der Waals surface area contributed by atoms with Crippen molar-refractivity contribution in [2.45, 2.75) is 52.4 Å². The summed E-state index contributed by atoms with van der Waals surface area (Å²) in [6.07, 6.45) is 6.06. The van der Waals surface area contributed by atoms with E-state index in [1.807, 2.05) is 6.92 Å². The second-order valence-corrected chi connectivity index (χ2v) is 3.47. The van der Waals surface area contributed by atoms with Gasteiger partial charge >= 0.3 is 0 Å². The third-order valence-corrected chi connectivity index (χ3v) is 2.31. The third-order valence-electron chi connectivity index (χ3n) is 2.31. The van der Waals surface area contributed by atoms with Crippen molar-refractivity contribution in [3.63, 3.8) is 0 Å². The molecule has 0 amide bonds. The first-order valence-electron chi connectivity index (χ1n) is 5.21. The molecule has 0 heterocycles. The topological polar surface area (TPSA) is 34.1 Å². The lowest BCUT2D eigenvalue weighted by molar-refractivity contribution is -0.119. The third kappa shape index (κ3) is 6.50. The highest BCUT2D eigenvalue weighted by Gasteiger charge is 2.08. The minimum atomic E-state index is 0.107. The van der Waals surface area contributed by atoms with E-state index in [9.17, 15) is 9.59 Å². The first kappa shape index (κ1) is 12.3. The summed E-state index contributed by atoms with van der Waals surface area (Å²) in [5, 5.41) is 0. The zero-order chi connectivity index (χ0) is 10.1. The summed E-state index contributed by atoms with van der Waals surface area (Å²) in [4.78, 5) is 21.6. The minimum absolute atomic E-state index is 0.107. The molecule has 0 radical (unpaired) electrons. The van der Waals surface area contributed by atoms with Crippen LogP contribution in [0.2, 0.25) is 0 Å². The summed E-state index contributed by atoms with van der Waals surface area (Å²) in [6, 6.07) is 0. The molecule has 0 saturated carbocycles. The van der Waals surface area contributed by atoms with Gasteiger partial charge in [-0.25, -0.2) is 0 Å². The Kier molecular flexibility index (Phi) is 7.56. The number of carbonyl (C=O) groups is 2. The highest BCUT2D eigenvalue weighted by Crippen LogP contribution is 2.13. The van der Waals surface area contributed by atoms with Gasteiger partial charge in [-0.15, -0.1) is 0 Å². The number of carbonyl (C=O) groups excluding carboxylic acids is 2. The van der Waals surface area contributed by atoms with Gasteiger partial charge in [0.15, 0.2) is 0 Å². The number of rotatable bonds is 8. The lowest BCUT2D eigenvalue weighted by Crippen LogP contribution is -2.05. The lowest BCUT2D eigenvalue weighted by Gasteiger charge is -2.07. The summed E-state index contributed by atoms with van der Waals surface area (Å²) < 4.78 is 0. The predicted molar refractivity (Wildman–Crippen MR) is 53.6 cm³/mol. The van der Waals surface area contributed by atoms with Crippen LogP contribution in [-0.2, 0) is 9.59 Å². The second-order valence-electron chi connectivity index (χ2n) is 3.47. The molecule has 0 bridgehead atoms. The van der Waals surface area contributed by atoms with Gasteiger partial charge in [-0.3, -0.25) is 4.79 Å². The summed E-state index contributed by atoms with van der Waals surface area (Å²) in [7, 11) is 0. The van der Waals surface area contributed by atoms with Crippen LogP contribution >= 0.6 is 0 Å². The van der Waals surface area contributed by atoms with Gasteiger partial charge in [0.25, 0.3) is 0 Å². The van der Waals surface area contributed by atoms with E-state index >= 15 is 0 Å². The van der Waals surface area contributed by atoms with Crippen LogP contribution in [0.5, 0.6) is 0 Å². The van der Waals surface area contributed by atoms with Gasteiger partial charge in [0.2, 0.25) is 0 Å². The number of ketones is 1. The molecule has 0 aromatic carbocycles. The molecule has 2 heteroatoms. The Labute approximate surface area is 80.7 Å². The van der Waals surface area contributed by atoms with Crippen LogP contribution in [0, 0.1) is 5.92 Å². The molecular weight excluding hydrogens is 164 g/mol. The van der Waals surface area contributed by atoms with Crippen molar-refractivity contribution in [3.05, 3.63) is 0 Å². The number of aldehydes is 1. The predicted octanol–water partition coefficient (Wildman–Crippen LogP) is 2.75. The average Bonchev–Trinajstić information content (AvgIpc) is 2.17. The lowest BCUT2D eigenvalue weighted by atomic mass is 9.97. The molecule has 0 aromatic rings. The molecule has 0 N–H and O–H groups in total. The Balaban J connectivity index is 3.58. The smallest absolute Gasteiger partial charge is 0.132 e. The molecule has 0 spiro atoms. The molecule has 13 heavy (non-hydrogen) atoms. The summed E-state index contributed by atoms with van der Waals surface area (Å²) in [6.45, 7) is 3.98. The molecule has 0 saturated heterocycles. The summed E-state index contributed by atoms with van der Waals surface area (Å²) in [5.41, 5.74) is 0. The van der Waals surface area contributed by atoms with Crippen molar-refractivity contribution in [2.24, 2.45) is 5.92 Å². The van der Waals surface area contributed by atoms with E-state index < -0.39 is 0 Å². The zero-order valence-corrected chi connectivity index (χ0v) is 8.71. The number of Topliss-reactive ketones (excluding diaryl/α,β-unsaturated/α-hetero) is 1. The molecular formula is C11H20O2. The fraction of sp³-hybridized carbons (Fsp3) is 0.818. The molecule has 0 aliphatic heterocycles. The highest BCUT2D eigenvalue weighted by atomic mass is 16.1. The Morgan fingerprint density at radius 1 is 1.31 bits per heavy atom. The first-order valence-corrected chi connectivity index (χ1v) is 5.21. The fourth-order valence-corrected chi connectivity index (χ4v) is 1.27. The Morgan fingerprint density at radius 2 is 2.00 bits per heavy atom. The standard InChI is InChI=1S/C11H20O2/c1-3-5-6-10(9-12)7-8-11(13)4-2/h9-10H,3-8H2,1-2H3. The Morgan fingerprint density at radius 3 is 2.46 bits per heavy atom. The van der Waals surface area contributed by atoms with Crippen molar-refractivity contribution >= 4 is 12.1 Å². The fourth-order valence-electron chi connectivity index (χ4n) is 1.27. The maximum Gasteiger partial charge on any atom is 0.132 e. The van der Waals surface area contributed by atoms with Gasteiger partial charge in [-0.2, -0.15) is 0 Å². The van der Waals surface area contributed by atoms with Crippen LogP contribution in [0.1, 0.15) is 52.4 Å². The molecule has 1 unspecified atom stereocenters. The maximum absolute atomic E-state index is 11.0. The van der Waals surface area contributed by atoms with Gasteiger partial charge in [0, 0.05) is 18.8 Å². The maximum atomic E-state index is 11.0. The molecule has 0 aliphatic rings. The van der Waals surface area contributed by atoms with E-state index in [0.717, 1.165) is 32.0 Å².